The van der Waals surface area contributed by atoms with Crippen LogP contribution in [0.15, 0.2) is 0 Å². The van der Waals surface area contributed by atoms with Crippen molar-refractivity contribution < 1.29 is 14.7 Å². The zero-order valence-electron chi connectivity index (χ0n) is 11.7. The maximum atomic E-state index is 11.5. The van der Waals surface area contributed by atoms with Crippen molar-refractivity contribution in [2.24, 2.45) is 5.92 Å². The van der Waals surface area contributed by atoms with E-state index in [2.05, 4.69) is 15.6 Å². The first-order valence-electron chi connectivity index (χ1n) is 7.39. The molecule has 1 fully saturated rings. The molecule has 1 atom stereocenters. The van der Waals surface area contributed by atoms with Crippen LogP contribution < -0.4 is 10.6 Å². The number of carbonyl (C=O) groups excluding carboxylic acids is 1. The van der Waals surface area contributed by atoms with Crippen LogP contribution in [0, 0.1) is 5.92 Å². The van der Waals surface area contributed by atoms with E-state index in [0.717, 1.165) is 41.4 Å². The average molecular weight is 309 g/mol. The van der Waals surface area contributed by atoms with Gasteiger partial charge in [-0.2, -0.15) is 0 Å². The van der Waals surface area contributed by atoms with Gasteiger partial charge in [0.05, 0.1) is 5.69 Å². The van der Waals surface area contributed by atoms with Crippen LogP contribution in [0.5, 0.6) is 0 Å². The zero-order chi connectivity index (χ0) is 14.8. The minimum absolute atomic E-state index is 0.140. The van der Waals surface area contributed by atoms with Gasteiger partial charge < -0.3 is 15.7 Å². The van der Waals surface area contributed by atoms with Crippen molar-refractivity contribution in [3.8, 4) is 0 Å². The highest BCUT2D eigenvalue weighted by Gasteiger charge is 2.30. The van der Waals surface area contributed by atoms with Crippen LogP contribution in [-0.2, 0) is 16.0 Å². The van der Waals surface area contributed by atoms with Gasteiger partial charge in [0, 0.05) is 23.9 Å². The molecule has 0 bridgehead atoms. The lowest BCUT2D eigenvalue weighted by atomic mass is 9.91. The predicted molar refractivity (Wildman–Crippen MR) is 79.7 cm³/mol. The summed E-state index contributed by atoms with van der Waals surface area (Å²) >= 11 is 1.54. The summed E-state index contributed by atoms with van der Waals surface area (Å²) in [6, 6.07) is 0. The molecule has 1 unspecified atom stereocenters. The van der Waals surface area contributed by atoms with Gasteiger partial charge in [0.15, 0.2) is 5.13 Å². The van der Waals surface area contributed by atoms with Crippen LogP contribution in [0.25, 0.3) is 0 Å². The largest absolute Gasteiger partial charge is 0.481 e. The third-order valence-corrected chi connectivity index (χ3v) is 4.99. The Morgan fingerprint density at radius 1 is 1.29 bits per heavy atom. The molecule has 3 rings (SSSR count). The van der Waals surface area contributed by atoms with Crippen LogP contribution in [0.1, 0.15) is 42.2 Å². The fourth-order valence-electron chi connectivity index (χ4n) is 2.58. The van der Waals surface area contributed by atoms with Crippen molar-refractivity contribution in [1.29, 1.82) is 0 Å². The summed E-state index contributed by atoms with van der Waals surface area (Å²) in [5.74, 6) is -0.880. The number of carboxylic acids is 1. The first-order chi connectivity index (χ1) is 10.1. The number of thiazole rings is 1. The average Bonchev–Trinajstić information content (AvgIpc) is 3.22. The van der Waals surface area contributed by atoms with Crippen molar-refractivity contribution in [3.05, 3.63) is 10.6 Å². The van der Waals surface area contributed by atoms with Gasteiger partial charge in [-0.05, 0) is 32.1 Å². The van der Waals surface area contributed by atoms with Crippen LogP contribution in [0.4, 0.5) is 5.13 Å². The van der Waals surface area contributed by atoms with Crippen LogP contribution in [0.3, 0.4) is 0 Å². The second-order valence-electron chi connectivity index (χ2n) is 5.60. The van der Waals surface area contributed by atoms with Crippen molar-refractivity contribution in [2.45, 2.75) is 38.0 Å². The summed E-state index contributed by atoms with van der Waals surface area (Å²) in [4.78, 5) is 28.2. The maximum Gasteiger partial charge on any atom is 0.312 e. The van der Waals surface area contributed by atoms with E-state index in [1.807, 2.05) is 0 Å². The van der Waals surface area contributed by atoms with Gasteiger partial charge in [0.2, 0.25) is 5.91 Å². The molecular weight excluding hydrogens is 290 g/mol. The SMILES string of the molecule is O=C(NCCNc1nc2c(s1)CCCC2C(=O)O)C1CC1. The topological polar surface area (TPSA) is 91.3 Å². The molecule has 6 nitrogen and oxygen atoms in total. The van der Waals surface area contributed by atoms with Gasteiger partial charge in [-0.1, -0.05) is 0 Å². The summed E-state index contributed by atoms with van der Waals surface area (Å²) in [5.41, 5.74) is 0.725. The number of nitrogens with one attached hydrogen (secondary N) is 2. The summed E-state index contributed by atoms with van der Waals surface area (Å²) in [6.07, 6.45) is 4.51. The number of aliphatic carboxylic acids is 1. The van der Waals surface area contributed by atoms with E-state index in [9.17, 15) is 14.7 Å². The highest BCUT2D eigenvalue weighted by molar-refractivity contribution is 7.15. The van der Waals surface area contributed by atoms with Crippen molar-refractivity contribution in [2.75, 3.05) is 18.4 Å². The quantitative estimate of drug-likeness (QED) is 0.694. The summed E-state index contributed by atoms with van der Waals surface area (Å²) in [7, 11) is 0. The molecule has 0 saturated heterocycles. The maximum absolute atomic E-state index is 11.5. The second kappa shape index (κ2) is 6.01. The van der Waals surface area contributed by atoms with Crippen LogP contribution in [-0.4, -0.2) is 35.1 Å². The van der Waals surface area contributed by atoms with E-state index < -0.39 is 11.9 Å². The number of amides is 1. The van der Waals surface area contributed by atoms with Gasteiger partial charge in [-0.3, -0.25) is 9.59 Å². The molecular formula is C14H19N3O3S. The van der Waals surface area contributed by atoms with Crippen molar-refractivity contribution in [3.63, 3.8) is 0 Å². The normalized spacial score (nSPS) is 20.7. The molecule has 1 aromatic rings. The molecule has 1 aromatic heterocycles. The number of hydrogen-bond acceptors (Lipinski definition) is 5. The van der Waals surface area contributed by atoms with Crippen LogP contribution >= 0.6 is 11.3 Å². The van der Waals surface area contributed by atoms with E-state index in [4.69, 9.17) is 0 Å². The van der Waals surface area contributed by atoms with E-state index in [-0.39, 0.29) is 11.8 Å². The van der Waals surface area contributed by atoms with Gasteiger partial charge in [0.1, 0.15) is 5.92 Å². The molecule has 21 heavy (non-hydrogen) atoms. The smallest absolute Gasteiger partial charge is 0.312 e. The first kappa shape index (κ1) is 14.3. The molecule has 1 saturated carbocycles. The lowest BCUT2D eigenvalue weighted by Gasteiger charge is -2.16. The molecule has 114 valence electrons. The molecule has 0 radical (unpaired) electrons. The molecule has 1 amide bonds. The molecule has 2 aliphatic rings. The zero-order valence-corrected chi connectivity index (χ0v) is 12.5. The van der Waals surface area contributed by atoms with Gasteiger partial charge >= 0.3 is 5.97 Å². The van der Waals surface area contributed by atoms with E-state index >= 15 is 0 Å². The van der Waals surface area contributed by atoms with E-state index in [1.54, 1.807) is 0 Å². The van der Waals surface area contributed by atoms with Gasteiger partial charge in [0.25, 0.3) is 0 Å². The highest BCUT2D eigenvalue weighted by atomic mass is 32.1. The predicted octanol–water partition coefficient (Wildman–Crippen LogP) is 1.59. The van der Waals surface area contributed by atoms with Gasteiger partial charge in [-0.25, -0.2) is 4.98 Å². The number of rotatable bonds is 6. The molecule has 7 heteroatoms. The number of aromatic nitrogens is 1. The lowest BCUT2D eigenvalue weighted by molar-refractivity contribution is -0.139. The third kappa shape index (κ3) is 3.34. The minimum Gasteiger partial charge on any atom is -0.481 e. The van der Waals surface area contributed by atoms with Crippen molar-refractivity contribution >= 4 is 28.3 Å². The number of fused-ring (bicyclic) bond motifs is 1. The number of nitrogens with zero attached hydrogens (tertiary/aromatic N) is 1. The molecule has 0 aromatic carbocycles. The number of hydrogen-bond donors (Lipinski definition) is 3. The highest BCUT2D eigenvalue weighted by Crippen LogP contribution is 2.36. The van der Waals surface area contributed by atoms with Crippen molar-refractivity contribution in [1.82, 2.24) is 10.3 Å². The molecule has 0 aliphatic heterocycles. The molecule has 3 N–H and O–H groups in total. The standard InChI is InChI=1S/C14H19N3O3S/c18-12(8-4-5-8)15-6-7-16-14-17-11-9(13(19)20)2-1-3-10(11)21-14/h8-9H,1-7H2,(H,15,18)(H,16,17)(H,19,20). The summed E-state index contributed by atoms with van der Waals surface area (Å²) in [5, 5.41) is 16.0. The van der Waals surface area contributed by atoms with Gasteiger partial charge in [-0.15, -0.1) is 11.3 Å². The molecule has 0 spiro atoms. The second-order valence-corrected chi connectivity index (χ2v) is 6.69. The number of carboxylic acid groups (broad SMARTS) is 1. The Hall–Kier alpha value is -1.63. The number of aryl methyl sites for hydroxylation is 1. The summed E-state index contributed by atoms with van der Waals surface area (Å²) < 4.78 is 0. The summed E-state index contributed by atoms with van der Waals surface area (Å²) in [6.45, 7) is 1.19. The third-order valence-electron chi connectivity index (χ3n) is 3.90. The Morgan fingerprint density at radius 2 is 2.10 bits per heavy atom. The minimum atomic E-state index is -0.788. The molecule has 1 heterocycles. The lowest BCUT2D eigenvalue weighted by Crippen LogP contribution is -2.29. The van der Waals surface area contributed by atoms with E-state index in [0.29, 0.717) is 19.5 Å². The Balaban J connectivity index is 1.52. The first-order valence-corrected chi connectivity index (χ1v) is 8.21. The Morgan fingerprint density at radius 3 is 2.81 bits per heavy atom. The Labute approximate surface area is 127 Å². The number of anilines is 1. The van der Waals surface area contributed by atoms with E-state index in [1.165, 1.54) is 11.3 Å². The number of carbonyl (C=O) groups is 2. The Kier molecular flexibility index (Phi) is 4.10. The molecule has 2 aliphatic carbocycles. The monoisotopic (exact) mass is 309 g/mol. The van der Waals surface area contributed by atoms with Crippen LogP contribution in [0.2, 0.25) is 0 Å². The fraction of sp³-hybridized carbons (Fsp3) is 0.643. The Bertz CT molecular complexity index is 554. The fourth-order valence-corrected chi connectivity index (χ4v) is 3.67.